The van der Waals surface area contributed by atoms with Crippen LogP contribution in [0.2, 0.25) is 0 Å². The standard InChI is InChI=1S/C13H10BrFN2O/c14-11-6-10(8-16-12(11)15)13(18)17-7-9-4-2-1-3-5-9/h1-6,8H,7H2,(H,17,18). The zero-order valence-electron chi connectivity index (χ0n) is 9.36. The number of nitrogens with zero attached hydrogens (tertiary/aromatic N) is 1. The minimum Gasteiger partial charge on any atom is -0.348 e. The number of benzene rings is 1. The third-order valence-corrected chi connectivity index (χ3v) is 2.91. The molecule has 0 saturated heterocycles. The van der Waals surface area contributed by atoms with E-state index in [0.717, 1.165) is 5.56 Å². The van der Waals surface area contributed by atoms with Crippen LogP contribution in [0.3, 0.4) is 0 Å². The van der Waals surface area contributed by atoms with Crippen LogP contribution in [0.4, 0.5) is 4.39 Å². The van der Waals surface area contributed by atoms with Crippen molar-refractivity contribution in [1.29, 1.82) is 0 Å². The molecule has 2 rings (SSSR count). The maximum absolute atomic E-state index is 12.9. The lowest BCUT2D eigenvalue weighted by molar-refractivity contribution is 0.0950. The second-order valence-electron chi connectivity index (χ2n) is 3.66. The van der Waals surface area contributed by atoms with Gasteiger partial charge in [0.2, 0.25) is 5.95 Å². The summed E-state index contributed by atoms with van der Waals surface area (Å²) in [5.41, 5.74) is 1.32. The van der Waals surface area contributed by atoms with E-state index in [1.807, 2.05) is 30.3 Å². The average molecular weight is 309 g/mol. The fraction of sp³-hybridized carbons (Fsp3) is 0.0769. The topological polar surface area (TPSA) is 42.0 Å². The van der Waals surface area contributed by atoms with Crippen molar-refractivity contribution in [2.75, 3.05) is 0 Å². The number of hydrogen-bond acceptors (Lipinski definition) is 2. The lowest BCUT2D eigenvalue weighted by Crippen LogP contribution is -2.23. The summed E-state index contributed by atoms with van der Waals surface area (Å²) in [6.07, 6.45) is 1.21. The van der Waals surface area contributed by atoms with Gasteiger partial charge in [0.15, 0.2) is 0 Å². The van der Waals surface area contributed by atoms with E-state index >= 15 is 0 Å². The van der Waals surface area contributed by atoms with E-state index in [0.29, 0.717) is 12.1 Å². The van der Waals surface area contributed by atoms with E-state index in [2.05, 4.69) is 26.2 Å². The highest BCUT2D eigenvalue weighted by atomic mass is 79.9. The number of nitrogens with one attached hydrogen (secondary N) is 1. The molecule has 0 aliphatic carbocycles. The Morgan fingerprint density at radius 3 is 2.72 bits per heavy atom. The SMILES string of the molecule is O=C(NCc1ccccc1)c1cnc(F)c(Br)c1. The first-order chi connectivity index (χ1) is 8.66. The summed E-state index contributed by atoms with van der Waals surface area (Å²) in [6, 6.07) is 10.9. The number of aromatic nitrogens is 1. The molecular weight excluding hydrogens is 299 g/mol. The van der Waals surface area contributed by atoms with E-state index in [1.165, 1.54) is 12.3 Å². The van der Waals surface area contributed by atoms with Gasteiger partial charge in [-0.2, -0.15) is 4.39 Å². The Hall–Kier alpha value is -1.75. The van der Waals surface area contributed by atoms with Crippen molar-refractivity contribution < 1.29 is 9.18 Å². The van der Waals surface area contributed by atoms with Crippen molar-refractivity contribution in [3.05, 3.63) is 64.1 Å². The number of rotatable bonds is 3. The molecule has 0 saturated carbocycles. The van der Waals surface area contributed by atoms with Gasteiger partial charge in [0.1, 0.15) is 0 Å². The maximum atomic E-state index is 12.9. The Balaban J connectivity index is 2.02. The third kappa shape index (κ3) is 3.13. The van der Waals surface area contributed by atoms with Crippen molar-refractivity contribution >= 4 is 21.8 Å². The first-order valence-electron chi connectivity index (χ1n) is 5.30. The van der Waals surface area contributed by atoms with Gasteiger partial charge in [0.05, 0.1) is 10.0 Å². The van der Waals surface area contributed by atoms with Gasteiger partial charge in [0.25, 0.3) is 5.91 Å². The zero-order chi connectivity index (χ0) is 13.0. The Kier molecular flexibility index (Phi) is 4.04. The van der Waals surface area contributed by atoms with Crippen LogP contribution in [0.5, 0.6) is 0 Å². The first kappa shape index (κ1) is 12.7. The molecule has 0 bridgehead atoms. The predicted molar refractivity (Wildman–Crippen MR) is 69.5 cm³/mol. The maximum Gasteiger partial charge on any atom is 0.253 e. The Morgan fingerprint density at radius 2 is 2.06 bits per heavy atom. The summed E-state index contributed by atoms with van der Waals surface area (Å²) in [5, 5.41) is 2.74. The number of halogens is 2. The predicted octanol–water partition coefficient (Wildman–Crippen LogP) is 2.91. The lowest BCUT2D eigenvalue weighted by Gasteiger charge is -2.05. The molecule has 0 fully saturated rings. The first-order valence-corrected chi connectivity index (χ1v) is 6.09. The molecule has 0 unspecified atom stereocenters. The lowest BCUT2D eigenvalue weighted by atomic mass is 10.2. The molecule has 0 radical (unpaired) electrons. The van der Waals surface area contributed by atoms with Crippen molar-refractivity contribution in [1.82, 2.24) is 10.3 Å². The molecular formula is C13H10BrFN2O. The Bertz CT molecular complexity index is 560. The Morgan fingerprint density at radius 1 is 1.33 bits per heavy atom. The van der Waals surface area contributed by atoms with Crippen LogP contribution in [0.1, 0.15) is 15.9 Å². The molecule has 18 heavy (non-hydrogen) atoms. The molecule has 3 nitrogen and oxygen atoms in total. The molecule has 1 N–H and O–H groups in total. The molecule has 1 amide bonds. The highest BCUT2D eigenvalue weighted by Gasteiger charge is 2.09. The average Bonchev–Trinajstić information content (AvgIpc) is 2.40. The second-order valence-corrected chi connectivity index (χ2v) is 4.52. The smallest absolute Gasteiger partial charge is 0.253 e. The van der Waals surface area contributed by atoms with Crippen molar-refractivity contribution in [3.63, 3.8) is 0 Å². The quantitative estimate of drug-likeness (QED) is 0.886. The number of hydrogen-bond donors (Lipinski definition) is 1. The van der Waals surface area contributed by atoms with Crippen LogP contribution >= 0.6 is 15.9 Å². The van der Waals surface area contributed by atoms with Crippen molar-refractivity contribution in [2.24, 2.45) is 0 Å². The van der Waals surface area contributed by atoms with Gasteiger partial charge in [-0.1, -0.05) is 30.3 Å². The van der Waals surface area contributed by atoms with E-state index in [-0.39, 0.29) is 10.4 Å². The van der Waals surface area contributed by atoms with Gasteiger partial charge >= 0.3 is 0 Å². The minimum absolute atomic E-state index is 0.176. The van der Waals surface area contributed by atoms with Gasteiger partial charge in [0, 0.05) is 12.7 Å². The molecule has 1 heterocycles. The highest BCUT2D eigenvalue weighted by Crippen LogP contribution is 2.14. The number of pyridine rings is 1. The molecule has 1 aromatic heterocycles. The minimum atomic E-state index is -0.630. The van der Waals surface area contributed by atoms with E-state index in [1.54, 1.807) is 0 Å². The van der Waals surface area contributed by atoms with Crippen LogP contribution in [0, 0.1) is 5.95 Å². The summed E-state index contributed by atoms with van der Waals surface area (Å²) in [4.78, 5) is 15.3. The molecule has 0 aliphatic rings. The fourth-order valence-electron chi connectivity index (χ4n) is 1.43. The van der Waals surface area contributed by atoms with Crippen LogP contribution in [0.15, 0.2) is 47.1 Å². The summed E-state index contributed by atoms with van der Waals surface area (Å²) >= 11 is 2.99. The zero-order valence-corrected chi connectivity index (χ0v) is 10.9. The third-order valence-electron chi connectivity index (χ3n) is 2.35. The molecule has 0 atom stereocenters. The van der Waals surface area contributed by atoms with Gasteiger partial charge < -0.3 is 5.32 Å². The fourth-order valence-corrected chi connectivity index (χ4v) is 1.77. The van der Waals surface area contributed by atoms with Gasteiger partial charge in [-0.25, -0.2) is 4.98 Å². The van der Waals surface area contributed by atoms with Crippen LogP contribution in [-0.4, -0.2) is 10.9 Å². The summed E-state index contributed by atoms with van der Waals surface area (Å²) < 4.78 is 13.1. The summed E-state index contributed by atoms with van der Waals surface area (Å²) in [5.74, 6) is -0.915. The van der Waals surface area contributed by atoms with Gasteiger partial charge in [-0.15, -0.1) is 0 Å². The largest absolute Gasteiger partial charge is 0.348 e. The summed E-state index contributed by atoms with van der Waals surface area (Å²) in [6.45, 7) is 0.425. The highest BCUT2D eigenvalue weighted by molar-refractivity contribution is 9.10. The van der Waals surface area contributed by atoms with Crippen LogP contribution < -0.4 is 5.32 Å². The number of amides is 1. The molecule has 0 spiro atoms. The number of carbonyl (C=O) groups excluding carboxylic acids is 1. The van der Waals surface area contributed by atoms with E-state index in [9.17, 15) is 9.18 Å². The van der Waals surface area contributed by atoms with Gasteiger partial charge in [-0.05, 0) is 27.6 Å². The number of carbonyl (C=O) groups is 1. The van der Waals surface area contributed by atoms with E-state index in [4.69, 9.17) is 0 Å². The molecule has 0 aliphatic heterocycles. The van der Waals surface area contributed by atoms with Crippen LogP contribution in [0.25, 0.3) is 0 Å². The monoisotopic (exact) mass is 308 g/mol. The molecule has 5 heteroatoms. The molecule has 2 aromatic rings. The molecule has 1 aromatic carbocycles. The van der Waals surface area contributed by atoms with Gasteiger partial charge in [-0.3, -0.25) is 4.79 Å². The van der Waals surface area contributed by atoms with E-state index < -0.39 is 5.95 Å². The Labute approximate surface area is 112 Å². The van der Waals surface area contributed by atoms with Crippen molar-refractivity contribution in [3.8, 4) is 0 Å². The van der Waals surface area contributed by atoms with Crippen LogP contribution in [-0.2, 0) is 6.54 Å². The second kappa shape index (κ2) is 5.73. The molecule has 92 valence electrons. The van der Waals surface area contributed by atoms with Crippen molar-refractivity contribution in [2.45, 2.75) is 6.54 Å². The normalized spacial score (nSPS) is 10.1. The summed E-state index contributed by atoms with van der Waals surface area (Å²) in [7, 11) is 0.